The molecule has 0 heterocycles. The van der Waals surface area contributed by atoms with E-state index in [2.05, 4.69) is 63.6 Å². The summed E-state index contributed by atoms with van der Waals surface area (Å²) < 4.78 is 1.35. The van der Waals surface area contributed by atoms with Crippen LogP contribution >= 0.6 is 7.92 Å². The minimum atomic E-state index is 0. The summed E-state index contributed by atoms with van der Waals surface area (Å²) in [6.45, 7) is 9.76. The number of hydrogen-bond acceptors (Lipinski definition) is 0. The number of benzene rings is 1. The van der Waals surface area contributed by atoms with Gasteiger partial charge in [0, 0.05) is 0 Å². The second kappa shape index (κ2) is 9.88. The minimum absolute atomic E-state index is 0. The van der Waals surface area contributed by atoms with Gasteiger partial charge in [-0.2, -0.15) is 0 Å². The third kappa shape index (κ3) is 6.39. The van der Waals surface area contributed by atoms with Crippen molar-refractivity contribution in [2.75, 3.05) is 19.5 Å². The number of allylic oxidation sites excluding steroid dienone is 1. The molecule has 0 nitrogen and oxygen atoms in total. The van der Waals surface area contributed by atoms with Gasteiger partial charge in [-0.3, -0.25) is 0 Å². The number of hydrogen-bond donors (Lipinski definition) is 0. The van der Waals surface area contributed by atoms with Gasteiger partial charge in [-0.1, -0.05) is 0 Å². The van der Waals surface area contributed by atoms with E-state index in [1.807, 2.05) is 0 Å². The Balaban J connectivity index is 0. The van der Waals surface area contributed by atoms with Crippen LogP contribution in [0, 0.1) is 0 Å². The fraction of sp³-hybridized carbons (Fsp3) is 0.467. The summed E-state index contributed by atoms with van der Waals surface area (Å²) in [5, 5.41) is 0. The SMILES string of the molecule is CP(C)C[C](C)(C)[Ti+3][CH]1C=Cc2ccccc21.[Cl-].[Cl-].[Cl-]. The van der Waals surface area contributed by atoms with E-state index in [0.29, 0.717) is 3.72 Å². The Kier molecular flexibility index (Phi) is 11.5. The summed E-state index contributed by atoms with van der Waals surface area (Å²) in [6, 6.07) is 8.90. The van der Waals surface area contributed by atoms with E-state index in [4.69, 9.17) is 0 Å². The van der Waals surface area contributed by atoms with Gasteiger partial charge in [0.25, 0.3) is 0 Å². The Bertz CT molecular complexity index is 433. The third-order valence-corrected chi connectivity index (χ3v) is 7.71. The molecule has 111 valence electrons. The average molecular weight is 387 g/mol. The van der Waals surface area contributed by atoms with Gasteiger partial charge in [0.05, 0.1) is 0 Å². The number of halogens is 3. The Labute approximate surface area is 152 Å². The molecule has 0 fully saturated rings. The molecule has 1 aliphatic rings. The molecule has 0 radical (unpaired) electrons. The van der Waals surface area contributed by atoms with Crippen LogP contribution in [0.4, 0.5) is 0 Å². The summed E-state index contributed by atoms with van der Waals surface area (Å²) in [5.74, 6) is 0. The van der Waals surface area contributed by atoms with Crippen LogP contribution in [0.1, 0.15) is 29.2 Å². The van der Waals surface area contributed by atoms with Crippen molar-refractivity contribution in [2.45, 2.75) is 21.8 Å². The normalized spacial score (nSPS) is 15.6. The molecule has 20 heavy (non-hydrogen) atoms. The molecule has 0 bridgehead atoms. The molecule has 2 rings (SSSR count). The van der Waals surface area contributed by atoms with Crippen LogP contribution in [-0.2, 0) is 19.2 Å². The first-order valence-corrected chi connectivity index (χ1v) is 10.3. The first-order chi connectivity index (χ1) is 7.98. The molecule has 1 aliphatic carbocycles. The zero-order valence-corrected chi connectivity index (χ0v) is 17.1. The van der Waals surface area contributed by atoms with Crippen LogP contribution in [0.25, 0.3) is 6.08 Å². The molecule has 0 aliphatic heterocycles. The van der Waals surface area contributed by atoms with E-state index < -0.39 is 0 Å². The van der Waals surface area contributed by atoms with Crippen molar-refractivity contribution in [1.82, 2.24) is 0 Å². The van der Waals surface area contributed by atoms with E-state index >= 15 is 0 Å². The molecule has 1 unspecified atom stereocenters. The molecule has 1 aromatic rings. The van der Waals surface area contributed by atoms with E-state index in [-0.39, 0.29) is 64.3 Å². The Morgan fingerprint density at radius 3 is 2.30 bits per heavy atom. The molecule has 0 saturated heterocycles. The number of rotatable bonds is 4. The largest absolute Gasteiger partial charge is 1.00 e. The molecule has 0 saturated carbocycles. The fourth-order valence-electron chi connectivity index (χ4n) is 2.63. The molecule has 0 amide bonds. The van der Waals surface area contributed by atoms with E-state index in [1.165, 1.54) is 11.7 Å². The van der Waals surface area contributed by atoms with Crippen LogP contribution in [0.5, 0.6) is 0 Å². The van der Waals surface area contributed by atoms with Crippen LogP contribution in [0.15, 0.2) is 30.3 Å². The van der Waals surface area contributed by atoms with Crippen molar-refractivity contribution in [3.05, 3.63) is 41.5 Å². The third-order valence-electron chi connectivity index (χ3n) is 3.06. The topological polar surface area (TPSA) is 0 Å². The Morgan fingerprint density at radius 2 is 1.70 bits per heavy atom. The molecular weight excluding hydrogens is 365 g/mol. The van der Waals surface area contributed by atoms with E-state index in [1.54, 1.807) is 5.56 Å². The van der Waals surface area contributed by atoms with Crippen molar-refractivity contribution >= 4 is 14.0 Å². The maximum absolute atomic E-state index is 2.48. The summed E-state index contributed by atoms with van der Waals surface area (Å²) in [4.78, 5) is 0. The first kappa shape index (κ1) is 23.2. The van der Waals surface area contributed by atoms with Gasteiger partial charge in [-0.05, 0) is 0 Å². The predicted molar refractivity (Wildman–Crippen MR) is 75.9 cm³/mol. The summed E-state index contributed by atoms with van der Waals surface area (Å²) in [5.41, 5.74) is 3.03. The second-order valence-electron chi connectivity index (χ2n) is 5.73. The predicted octanol–water partition coefficient (Wildman–Crippen LogP) is -4.21. The fourth-order valence-corrected chi connectivity index (χ4v) is 8.48. The zero-order chi connectivity index (χ0) is 12.5. The molecular formula is C15H21Cl3PTi. The summed E-state index contributed by atoms with van der Waals surface area (Å²) in [6.07, 6.45) is 6.19. The smallest absolute Gasteiger partial charge is 1.00 e. The van der Waals surface area contributed by atoms with Gasteiger partial charge in [0.15, 0.2) is 0 Å². The van der Waals surface area contributed by atoms with Crippen LogP contribution < -0.4 is 37.2 Å². The van der Waals surface area contributed by atoms with Crippen molar-refractivity contribution in [3.63, 3.8) is 0 Å². The van der Waals surface area contributed by atoms with E-state index in [9.17, 15) is 0 Å². The van der Waals surface area contributed by atoms with Crippen molar-refractivity contribution in [1.29, 1.82) is 0 Å². The van der Waals surface area contributed by atoms with Crippen molar-refractivity contribution in [2.24, 2.45) is 0 Å². The number of fused-ring (bicyclic) bond motifs is 1. The summed E-state index contributed by atoms with van der Waals surface area (Å²) >= 11 is 0.0321. The zero-order valence-electron chi connectivity index (χ0n) is 12.3. The van der Waals surface area contributed by atoms with Gasteiger partial charge in [-0.25, -0.2) is 0 Å². The van der Waals surface area contributed by atoms with Gasteiger partial charge < -0.3 is 37.2 Å². The molecule has 0 N–H and O–H groups in total. The van der Waals surface area contributed by atoms with Gasteiger partial charge >= 0.3 is 116 Å². The van der Waals surface area contributed by atoms with Crippen molar-refractivity contribution < 1.29 is 56.4 Å². The Morgan fingerprint density at radius 1 is 1.10 bits per heavy atom. The Hall–Kier alpha value is 0.974. The van der Waals surface area contributed by atoms with Gasteiger partial charge in [0.1, 0.15) is 0 Å². The molecule has 5 heteroatoms. The molecule has 1 aromatic carbocycles. The van der Waals surface area contributed by atoms with Crippen LogP contribution in [0.3, 0.4) is 0 Å². The molecule has 0 aromatic heterocycles. The van der Waals surface area contributed by atoms with Gasteiger partial charge in [-0.15, -0.1) is 0 Å². The van der Waals surface area contributed by atoms with E-state index in [0.717, 1.165) is 4.22 Å². The monoisotopic (exact) mass is 385 g/mol. The molecule has 0 spiro atoms. The van der Waals surface area contributed by atoms with Crippen molar-refractivity contribution in [3.8, 4) is 0 Å². The maximum Gasteiger partial charge on any atom is -1.00 e. The second-order valence-corrected chi connectivity index (χ2v) is 11.7. The maximum atomic E-state index is 2.48. The first-order valence-electron chi connectivity index (χ1n) is 6.17. The van der Waals surface area contributed by atoms with Crippen LogP contribution in [-0.4, -0.2) is 19.5 Å². The average Bonchev–Trinajstić information content (AvgIpc) is 2.59. The molecule has 1 atom stereocenters. The summed E-state index contributed by atoms with van der Waals surface area (Å²) in [7, 11) is 0.231. The van der Waals surface area contributed by atoms with Gasteiger partial charge in [0.2, 0.25) is 0 Å². The standard InChI is InChI=1S/C9H7.C6H14P.3ClH.Ti/c1-2-5-9-7-3-6-8(9)4-1;1-6(2)5-7(3)4;;;;/h1-7H;5H2,1-4H3;3*1H;/q;;;;;+3/p-3. The van der Waals surface area contributed by atoms with Crippen LogP contribution in [0.2, 0.25) is 3.72 Å². The quantitative estimate of drug-likeness (QED) is 0.364. The minimum Gasteiger partial charge on any atom is -1.00 e.